The van der Waals surface area contributed by atoms with Gasteiger partial charge >= 0.3 is 0 Å². The zero-order valence-corrected chi connectivity index (χ0v) is 15.0. The van der Waals surface area contributed by atoms with E-state index in [4.69, 9.17) is 11.6 Å². The summed E-state index contributed by atoms with van der Waals surface area (Å²) >= 11 is 6.25. The number of hydrogen-bond acceptors (Lipinski definition) is 1. The van der Waals surface area contributed by atoms with Crippen LogP contribution in [0.4, 0.5) is 0 Å². The minimum Gasteiger partial charge on any atom is -0.386 e. The predicted octanol–water partition coefficient (Wildman–Crippen LogP) is 4.93. The van der Waals surface area contributed by atoms with Crippen LogP contribution in [0.25, 0.3) is 0 Å². The number of rotatable bonds is 13. The molecular formula is C17H37ClNO+. The minimum atomic E-state index is -0.449. The summed E-state index contributed by atoms with van der Waals surface area (Å²) in [5, 5.41) is 9.57. The number of halogens is 1. The van der Waals surface area contributed by atoms with E-state index in [1.165, 1.54) is 64.2 Å². The minimum absolute atomic E-state index is 0.200. The number of aliphatic hydroxyl groups is 1. The Balaban J connectivity index is 3.43. The summed E-state index contributed by atoms with van der Waals surface area (Å²) < 4.78 is 0.705. The molecule has 0 fully saturated rings. The number of hydrogen-bond donors (Lipinski definition) is 1. The second kappa shape index (κ2) is 11.8. The Morgan fingerprint density at radius 1 is 0.850 bits per heavy atom. The molecular weight excluding hydrogens is 270 g/mol. The topological polar surface area (TPSA) is 20.2 Å². The Morgan fingerprint density at radius 2 is 1.25 bits per heavy atom. The molecule has 2 atom stereocenters. The first-order valence-electron chi connectivity index (χ1n) is 8.56. The highest BCUT2D eigenvalue weighted by Gasteiger charge is 2.29. The van der Waals surface area contributed by atoms with Crippen molar-refractivity contribution in [3.63, 3.8) is 0 Å². The van der Waals surface area contributed by atoms with Gasteiger partial charge in [-0.05, 0) is 19.8 Å². The molecule has 0 radical (unpaired) electrons. The monoisotopic (exact) mass is 306 g/mol. The van der Waals surface area contributed by atoms with Crippen molar-refractivity contribution in [2.75, 3.05) is 20.6 Å². The lowest BCUT2D eigenvalue weighted by atomic mass is 10.1. The van der Waals surface area contributed by atoms with E-state index in [2.05, 4.69) is 21.0 Å². The maximum Gasteiger partial charge on any atom is 0.190 e. The summed E-state index contributed by atoms with van der Waals surface area (Å²) in [6.07, 6.45) is 13.1. The average Bonchev–Trinajstić information content (AvgIpc) is 2.39. The summed E-state index contributed by atoms with van der Waals surface area (Å²) in [5.74, 6) is 0. The normalized spacial score (nSPS) is 15.3. The molecule has 0 bridgehead atoms. The molecule has 0 saturated heterocycles. The predicted molar refractivity (Wildman–Crippen MR) is 90.1 cm³/mol. The van der Waals surface area contributed by atoms with Gasteiger partial charge in [0.25, 0.3) is 0 Å². The molecule has 0 rings (SSSR count). The van der Waals surface area contributed by atoms with Crippen LogP contribution >= 0.6 is 11.6 Å². The summed E-state index contributed by atoms with van der Waals surface area (Å²) in [7, 11) is 4.22. The molecule has 0 heterocycles. The molecule has 1 N–H and O–H groups in total. The van der Waals surface area contributed by atoms with Crippen molar-refractivity contribution >= 4 is 11.6 Å². The highest BCUT2D eigenvalue weighted by Crippen LogP contribution is 2.17. The highest BCUT2D eigenvalue weighted by atomic mass is 35.5. The first kappa shape index (κ1) is 20.2. The first-order chi connectivity index (χ1) is 9.41. The number of nitrogens with zero attached hydrogens (tertiary/aromatic N) is 1. The van der Waals surface area contributed by atoms with E-state index < -0.39 is 6.10 Å². The van der Waals surface area contributed by atoms with E-state index >= 15 is 0 Å². The highest BCUT2D eigenvalue weighted by molar-refractivity contribution is 6.19. The maximum absolute atomic E-state index is 9.57. The number of alkyl halides is 1. The molecule has 0 saturated carbocycles. The molecule has 0 amide bonds. The van der Waals surface area contributed by atoms with Crippen molar-refractivity contribution in [2.24, 2.45) is 0 Å². The van der Waals surface area contributed by atoms with Crippen LogP contribution in [0.2, 0.25) is 0 Å². The number of unbranched alkanes of at least 4 members (excludes halogenated alkanes) is 9. The molecule has 0 aromatic rings. The van der Waals surface area contributed by atoms with Crippen LogP contribution in [0.1, 0.15) is 78.1 Å². The Morgan fingerprint density at radius 3 is 1.65 bits per heavy atom. The van der Waals surface area contributed by atoms with Crippen LogP contribution in [0.15, 0.2) is 0 Å². The average molecular weight is 307 g/mol. The van der Waals surface area contributed by atoms with Gasteiger partial charge in [0.1, 0.15) is 6.10 Å². The zero-order chi connectivity index (χ0) is 15.4. The second-order valence-corrected chi connectivity index (χ2v) is 7.24. The first-order valence-corrected chi connectivity index (χ1v) is 9.00. The molecule has 0 aliphatic heterocycles. The Labute approximate surface area is 132 Å². The summed E-state index contributed by atoms with van der Waals surface area (Å²) in [6.45, 7) is 5.09. The van der Waals surface area contributed by atoms with Gasteiger partial charge in [-0.25, -0.2) is 0 Å². The smallest absolute Gasteiger partial charge is 0.190 e. The van der Waals surface area contributed by atoms with Gasteiger partial charge in [-0.1, -0.05) is 69.9 Å². The van der Waals surface area contributed by atoms with Crippen molar-refractivity contribution < 1.29 is 9.59 Å². The molecule has 0 aromatic carbocycles. The van der Waals surface area contributed by atoms with Crippen LogP contribution in [-0.4, -0.2) is 41.8 Å². The van der Waals surface area contributed by atoms with Gasteiger partial charge < -0.3 is 9.59 Å². The maximum atomic E-state index is 9.57. The van der Waals surface area contributed by atoms with Gasteiger partial charge in [-0.3, -0.25) is 0 Å². The van der Waals surface area contributed by atoms with Crippen LogP contribution < -0.4 is 0 Å². The van der Waals surface area contributed by atoms with E-state index in [-0.39, 0.29) is 5.50 Å². The Bertz CT molecular complexity index is 219. The van der Waals surface area contributed by atoms with Crippen molar-refractivity contribution in [1.82, 2.24) is 0 Å². The van der Waals surface area contributed by atoms with E-state index in [1.54, 1.807) is 6.92 Å². The van der Waals surface area contributed by atoms with Crippen LogP contribution in [0.5, 0.6) is 0 Å². The fraction of sp³-hybridized carbons (Fsp3) is 1.00. The van der Waals surface area contributed by atoms with Crippen LogP contribution in [0.3, 0.4) is 0 Å². The van der Waals surface area contributed by atoms with Gasteiger partial charge in [-0.15, -0.1) is 0 Å². The van der Waals surface area contributed by atoms with Gasteiger partial charge in [0.2, 0.25) is 0 Å². The van der Waals surface area contributed by atoms with E-state index in [0.29, 0.717) is 4.48 Å². The Hall–Kier alpha value is 0.210. The van der Waals surface area contributed by atoms with Gasteiger partial charge in [0.05, 0.1) is 20.6 Å². The molecule has 3 heteroatoms. The van der Waals surface area contributed by atoms with E-state index in [1.807, 2.05) is 0 Å². The lowest BCUT2D eigenvalue weighted by Gasteiger charge is -2.35. The number of likely N-dealkylation sites (N-methyl/N-ethyl adjacent to an activating group) is 1. The molecule has 2 unspecified atom stereocenters. The molecule has 0 aliphatic carbocycles. The quantitative estimate of drug-likeness (QED) is 0.221. The largest absolute Gasteiger partial charge is 0.386 e. The zero-order valence-electron chi connectivity index (χ0n) is 14.2. The molecule has 0 aromatic heterocycles. The third kappa shape index (κ3) is 10.0. The van der Waals surface area contributed by atoms with Crippen molar-refractivity contribution in [2.45, 2.75) is 89.7 Å². The second-order valence-electron chi connectivity index (χ2n) is 6.80. The Kier molecular flexibility index (Phi) is 11.9. The van der Waals surface area contributed by atoms with Crippen molar-refractivity contribution in [1.29, 1.82) is 0 Å². The molecule has 0 aliphatic rings. The van der Waals surface area contributed by atoms with E-state index in [0.717, 1.165) is 6.54 Å². The fourth-order valence-electron chi connectivity index (χ4n) is 2.71. The molecule has 20 heavy (non-hydrogen) atoms. The number of quaternary nitrogens is 1. The summed E-state index contributed by atoms with van der Waals surface area (Å²) in [6, 6.07) is 0. The lowest BCUT2D eigenvalue weighted by molar-refractivity contribution is -0.905. The summed E-state index contributed by atoms with van der Waals surface area (Å²) in [5.41, 5.74) is -0.200. The van der Waals surface area contributed by atoms with E-state index in [9.17, 15) is 5.11 Å². The van der Waals surface area contributed by atoms with Gasteiger partial charge in [0, 0.05) is 0 Å². The fourth-order valence-corrected chi connectivity index (χ4v) is 2.81. The lowest BCUT2D eigenvalue weighted by Crippen LogP contribution is -2.51. The SMILES string of the molecule is CCCCCCCCCCCC[N+](C)(C)C(Cl)C(C)O. The van der Waals surface area contributed by atoms with Crippen LogP contribution in [-0.2, 0) is 0 Å². The number of aliphatic hydroxyl groups excluding tert-OH is 1. The molecule has 0 spiro atoms. The molecule has 122 valence electrons. The molecule has 2 nitrogen and oxygen atoms in total. The third-order valence-electron chi connectivity index (χ3n) is 4.15. The third-order valence-corrected chi connectivity index (χ3v) is 5.05. The van der Waals surface area contributed by atoms with Gasteiger partial charge in [0.15, 0.2) is 5.50 Å². The van der Waals surface area contributed by atoms with Crippen molar-refractivity contribution in [3.8, 4) is 0 Å². The summed E-state index contributed by atoms with van der Waals surface area (Å²) in [4.78, 5) is 0. The standard InChI is InChI=1S/C17H37ClNO/c1-5-6-7-8-9-10-11-12-13-14-15-19(3,4)17(18)16(2)20/h16-17,20H,5-15H2,1-4H3/q+1. The van der Waals surface area contributed by atoms with Crippen molar-refractivity contribution in [3.05, 3.63) is 0 Å². The van der Waals surface area contributed by atoms with Gasteiger partial charge in [-0.2, -0.15) is 0 Å². The van der Waals surface area contributed by atoms with Crippen LogP contribution in [0, 0.1) is 0 Å².